The summed E-state index contributed by atoms with van der Waals surface area (Å²) in [6, 6.07) is 0. The third-order valence-electron chi connectivity index (χ3n) is 5.30. The van der Waals surface area contributed by atoms with Crippen molar-refractivity contribution >= 4 is 0 Å². The van der Waals surface area contributed by atoms with Gasteiger partial charge in [-0.3, -0.25) is 0 Å². The van der Waals surface area contributed by atoms with Crippen LogP contribution < -0.4 is 0 Å². The summed E-state index contributed by atoms with van der Waals surface area (Å²) in [5, 5.41) is 0. The highest BCUT2D eigenvalue weighted by molar-refractivity contribution is 4.82. The molecule has 0 aliphatic carbocycles. The summed E-state index contributed by atoms with van der Waals surface area (Å²) in [7, 11) is 0. The molecule has 2 nitrogen and oxygen atoms in total. The van der Waals surface area contributed by atoms with E-state index >= 15 is 0 Å². The standard InChI is InChI=1S/C20H38O2/c1-19(2,3)11-17-10-18(15-22-14-17)13-20(4,5)12-16-6-8-21-9-7-16/h16-18H,6-15H2,1-5H3. The van der Waals surface area contributed by atoms with Gasteiger partial charge in [0.05, 0.1) is 0 Å². The van der Waals surface area contributed by atoms with E-state index in [2.05, 4.69) is 34.6 Å². The van der Waals surface area contributed by atoms with E-state index in [1.165, 1.54) is 38.5 Å². The van der Waals surface area contributed by atoms with Crippen LogP contribution in [0, 0.1) is 28.6 Å². The first kappa shape index (κ1) is 18.3. The third-order valence-corrected chi connectivity index (χ3v) is 5.30. The van der Waals surface area contributed by atoms with Gasteiger partial charge in [0, 0.05) is 26.4 Å². The van der Waals surface area contributed by atoms with Crippen LogP contribution in [0.5, 0.6) is 0 Å². The monoisotopic (exact) mass is 310 g/mol. The predicted octanol–water partition coefficient (Wildman–Crippen LogP) is 5.31. The van der Waals surface area contributed by atoms with Gasteiger partial charge in [-0.25, -0.2) is 0 Å². The Morgan fingerprint density at radius 3 is 1.86 bits per heavy atom. The van der Waals surface area contributed by atoms with E-state index in [4.69, 9.17) is 9.47 Å². The fraction of sp³-hybridized carbons (Fsp3) is 1.00. The van der Waals surface area contributed by atoms with Gasteiger partial charge in [0.1, 0.15) is 0 Å². The highest BCUT2D eigenvalue weighted by Gasteiger charge is 2.32. The Morgan fingerprint density at radius 2 is 1.27 bits per heavy atom. The first-order valence-electron chi connectivity index (χ1n) is 9.39. The minimum atomic E-state index is 0.424. The lowest BCUT2D eigenvalue weighted by atomic mass is 9.71. The fourth-order valence-corrected chi connectivity index (χ4v) is 4.76. The lowest BCUT2D eigenvalue weighted by molar-refractivity contribution is -0.0165. The Bertz CT molecular complexity index is 323. The maximum atomic E-state index is 5.96. The maximum Gasteiger partial charge on any atom is 0.0494 e. The van der Waals surface area contributed by atoms with Crippen molar-refractivity contribution in [3.63, 3.8) is 0 Å². The molecule has 0 spiro atoms. The highest BCUT2D eigenvalue weighted by Crippen LogP contribution is 2.40. The Morgan fingerprint density at radius 1 is 0.727 bits per heavy atom. The molecule has 2 aliphatic heterocycles. The molecule has 0 saturated carbocycles. The molecule has 2 aliphatic rings. The van der Waals surface area contributed by atoms with E-state index in [0.717, 1.165) is 44.2 Å². The molecule has 2 rings (SSSR count). The second-order valence-corrected chi connectivity index (χ2v) is 9.90. The summed E-state index contributed by atoms with van der Waals surface area (Å²) in [5.74, 6) is 2.40. The van der Waals surface area contributed by atoms with Gasteiger partial charge in [0.15, 0.2) is 0 Å². The van der Waals surface area contributed by atoms with Crippen LogP contribution in [0.4, 0.5) is 0 Å². The van der Waals surface area contributed by atoms with Crippen LogP contribution in [0.1, 0.15) is 73.1 Å². The summed E-state index contributed by atoms with van der Waals surface area (Å²) >= 11 is 0. The molecule has 0 amide bonds. The summed E-state index contributed by atoms with van der Waals surface area (Å²) < 4.78 is 11.5. The molecule has 0 aromatic rings. The van der Waals surface area contributed by atoms with Crippen molar-refractivity contribution in [1.82, 2.24) is 0 Å². The molecule has 0 aromatic carbocycles. The van der Waals surface area contributed by atoms with E-state index < -0.39 is 0 Å². The van der Waals surface area contributed by atoms with Crippen LogP contribution in [-0.4, -0.2) is 26.4 Å². The average Bonchev–Trinajstić information content (AvgIpc) is 2.36. The molecule has 2 atom stereocenters. The number of hydrogen-bond acceptors (Lipinski definition) is 2. The molecule has 0 N–H and O–H groups in total. The van der Waals surface area contributed by atoms with E-state index in [-0.39, 0.29) is 0 Å². The average molecular weight is 311 g/mol. The Labute approximate surface area is 138 Å². The van der Waals surface area contributed by atoms with Crippen LogP contribution in [0.2, 0.25) is 0 Å². The third kappa shape index (κ3) is 6.58. The topological polar surface area (TPSA) is 18.5 Å². The van der Waals surface area contributed by atoms with Gasteiger partial charge in [-0.2, -0.15) is 0 Å². The van der Waals surface area contributed by atoms with E-state index in [9.17, 15) is 0 Å². The number of hydrogen-bond donors (Lipinski definition) is 0. The van der Waals surface area contributed by atoms with Gasteiger partial charge in [0.2, 0.25) is 0 Å². The predicted molar refractivity (Wildman–Crippen MR) is 93.0 cm³/mol. The molecular weight excluding hydrogens is 272 g/mol. The van der Waals surface area contributed by atoms with Crippen LogP contribution in [0.25, 0.3) is 0 Å². The van der Waals surface area contributed by atoms with Crippen LogP contribution in [0.3, 0.4) is 0 Å². The van der Waals surface area contributed by atoms with Crippen molar-refractivity contribution in [2.45, 2.75) is 73.1 Å². The molecule has 2 heteroatoms. The Balaban J connectivity index is 1.80. The van der Waals surface area contributed by atoms with Gasteiger partial charge in [-0.15, -0.1) is 0 Å². The summed E-state index contributed by atoms with van der Waals surface area (Å²) in [6.45, 7) is 15.9. The summed E-state index contributed by atoms with van der Waals surface area (Å²) in [5.41, 5.74) is 0.868. The smallest absolute Gasteiger partial charge is 0.0494 e. The second kappa shape index (κ2) is 7.66. The number of ether oxygens (including phenoxy) is 2. The molecule has 2 saturated heterocycles. The van der Waals surface area contributed by atoms with Crippen molar-refractivity contribution in [3.8, 4) is 0 Å². The fourth-order valence-electron chi connectivity index (χ4n) is 4.76. The summed E-state index contributed by atoms with van der Waals surface area (Å²) in [6.07, 6.45) is 7.87. The minimum Gasteiger partial charge on any atom is -0.381 e. The van der Waals surface area contributed by atoms with Gasteiger partial charge in [-0.05, 0) is 67.1 Å². The van der Waals surface area contributed by atoms with Crippen molar-refractivity contribution in [2.75, 3.05) is 26.4 Å². The SMILES string of the molecule is CC(C)(C)CC1COCC(CC(C)(C)CC2CCOCC2)C1. The lowest BCUT2D eigenvalue weighted by Crippen LogP contribution is -2.32. The van der Waals surface area contributed by atoms with Gasteiger partial charge in [0.25, 0.3) is 0 Å². The summed E-state index contributed by atoms with van der Waals surface area (Å²) in [4.78, 5) is 0. The zero-order valence-electron chi connectivity index (χ0n) is 15.6. The molecule has 0 radical (unpaired) electrons. The van der Waals surface area contributed by atoms with Crippen LogP contribution >= 0.6 is 0 Å². The lowest BCUT2D eigenvalue weighted by Gasteiger charge is -2.38. The van der Waals surface area contributed by atoms with Crippen molar-refractivity contribution < 1.29 is 9.47 Å². The molecule has 0 bridgehead atoms. The van der Waals surface area contributed by atoms with Crippen molar-refractivity contribution in [2.24, 2.45) is 28.6 Å². The minimum absolute atomic E-state index is 0.424. The Kier molecular flexibility index (Phi) is 6.36. The highest BCUT2D eigenvalue weighted by atomic mass is 16.5. The van der Waals surface area contributed by atoms with Gasteiger partial charge < -0.3 is 9.47 Å². The zero-order chi connectivity index (χ0) is 16.2. The first-order valence-corrected chi connectivity index (χ1v) is 9.39. The van der Waals surface area contributed by atoms with Crippen molar-refractivity contribution in [3.05, 3.63) is 0 Å². The molecule has 2 heterocycles. The maximum absolute atomic E-state index is 5.96. The molecular formula is C20H38O2. The van der Waals surface area contributed by atoms with Gasteiger partial charge >= 0.3 is 0 Å². The number of rotatable bonds is 5. The normalized spacial score (nSPS) is 28.8. The van der Waals surface area contributed by atoms with Crippen LogP contribution in [0.15, 0.2) is 0 Å². The van der Waals surface area contributed by atoms with E-state index in [1.807, 2.05) is 0 Å². The second-order valence-electron chi connectivity index (χ2n) is 9.90. The Hall–Kier alpha value is -0.0800. The van der Waals surface area contributed by atoms with E-state index in [1.54, 1.807) is 0 Å². The first-order chi connectivity index (χ1) is 10.2. The molecule has 0 aromatic heterocycles. The quantitative estimate of drug-likeness (QED) is 0.685. The molecule has 2 unspecified atom stereocenters. The van der Waals surface area contributed by atoms with Crippen molar-refractivity contribution in [1.29, 1.82) is 0 Å². The van der Waals surface area contributed by atoms with Crippen LogP contribution in [-0.2, 0) is 9.47 Å². The molecule has 2 fully saturated rings. The molecule has 130 valence electrons. The zero-order valence-corrected chi connectivity index (χ0v) is 15.6. The van der Waals surface area contributed by atoms with Gasteiger partial charge in [-0.1, -0.05) is 34.6 Å². The largest absolute Gasteiger partial charge is 0.381 e. The van der Waals surface area contributed by atoms with E-state index in [0.29, 0.717) is 10.8 Å². The molecule has 22 heavy (non-hydrogen) atoms.